The van der Waals surface area contributed by atoms with E-state index in [2.05, 4.69) is 21.3 Å². The van der Waals surface area contributed by atoms with Crippen molar-refractivity contribution in [1.82, 2.24) is 21.3 Å². The number of benzene rings is 4. The number of rotatable bonds is 20. The Morgan fingerprint density at radius 3 is 1.74 bits per heavy atom. The summed E-state index contributed by atoms with van der Waals surface area (Å²) in [6.45, 7) is 11.0. The zero-order valence-corrected chi connectivity index (χ0v) is 34.3. The van der Waals surface area contributed by atoms with E-state index in [1.165, 1.54) is 0 Å². The highest BCUT2D eigenvalue weighted by molar-refractivity contribution is 5.98. The Hall–Kier alpha value is -5.81. The van der Waals surface area contributed by atoms with Gasteiger partial charge >= 0.3 is 5.97 Å². The third-order valence-electron chi connectivity index (χ3n) is 10.2. The first-order chi connectivity index (χ1) is 27.8. The maximum atomic E-state index is 13.9. The van der Waals surface area contributed by atoms with E-state index in [0.29, 0.717) is 12.0 Å². The summed E-state index contributed by atoms with van der Waals surface area (Å²) < 4.78 is 5.52. The van der Waals surface area contributed by atoms with E-state index in [0.717, 1.165) is 22.3 Å². The van der Waals surface area contributed by atoms with Crippen molar-refractivity contribution in [1.29, 1.82) is 0 Å². The number of aliphatic hydroxyl groups is 1. The third kappa shape index (κ3) is 13.4. The topological polar surface area (TPSA) is 163 Å². The van der Waals surface area contributed by atoms with Gasteiger partial charge in [-0.05, 0) is 58.6 Å². The minimum atomic E-state index is -1.37. The molecule has 58 heavy (non-hydrogen) atoms. The van der Waals surface area contributed by atoms with E-state index in [4.69, 9.17) is 4.74 Å². The SMILES string of the molecule is CC[C@H](C)[C@H](NC(=O)C[C@H](O)[C@H](Cc1ccccc1)NC(=O)[C@@H](NC(=O)c1cccc(-c2ccccc2)c1)C(C)C)C(=O)N[C@H](C(=O)OCc1ccccc1)C(C)C. The van der Waals surface area contributed by atoms with Gasteiger partial charge in [-0.3, -0.25) is 19.2 Å². The maximum Gasteiger partial charge on any atom is 0.329 e. The molecule has 5 N–H and O–H groups in total. The van der Waals surface area contributed by atoms with E-state index in [9.17, 15) is 29.1 Å². The lowest BCUT2D eigenvalue weighted by molar-refractivity contribution is -0.150. The third-order valence-corrected chi connectivity index (χ3v) is 10.2. The van der Waals surface area contributed by atoms with Gasteiger partial charge in [0.2, 0.25) is 17.7 Å². The van der Waals surface area contributed by atoms with Gasteiger partial charge in [-0.15, -0.1) is 0 Å². The van der Waals surface area contributed by atoms with Crippen LogP contribution in [0.4, 0.5) is 0 Å². The molecule has 4 amide bonds. The molecule has 0 saturated carbocycles. The maximum absolute atomic E-state index is 13.9. The lowest BCUT2D eigenvalue weighted by Crippen LogP contribution is -2.57. The fraction of sp³-hybridized carbons (Fsp3) is 0.383. The minimum Gasteiger partial charge on any atom is -0.459 e. The number of aliphatic hydroxyl groups excluding tert-OH is 1. The van der Waals surface area contributed by atoms with Crippen LogP contribution in [0, 0.1) is 17.8 Å². The molecule has 0 aliphatic carbocycles. The molecule has 0 saturated heterocycles. The predicted molar refractivity (Wildman–Crippen MR) is 225 cm³/mol. The summed E-state index contributed by atoms with van der Waals surface area (Å²) in [5, 5.41) is 22.9. The second-order valence-corrected chi connectivity index (χ2v) is 15.5. The van der Waals surface area contributed by atoms with Crippen LogP contribution < -0.4 is 21.3 Å². The van der Waals surface area contributed by atoms with Gasteiger partial charge in [0.05, 0.1) is 18.6 Å². The van der Waals surface area contributed by atoms with Gasteiger partial charge in [-0.1, -0.05) is 151 Å². The summed E-state index contributed by atoms with van der Waals surface area (Å²) >= 11 is 0. The molecule has 0 fully saturated rings. The number of esters is 1. The summed E-state index contributed by atoms with van der Waals surface area (Å²) in [6.07, 6.45) is -1.07. The van der Waals surface area contributed by atoms with Crippen molar-refractivity contribution in [2.75, 3.05) is 0 Å². The average molecular weight is 791 g/mol. The number of nitrogens with one attached hydrogen (secondary N) is 4. The van der Waals surface area contributed by atoms with Gasteiger partial charge < -0.3 is 31.1 Å². The van der Waals surface area contributed by atoms with Crippen molar-refractivity contribution in [3.05, 3.63) is 132 Å². The number of carbonyl (C=O) groups is 5. The van der Waals surface area contributed by atoms with Crippen LogP contribution in [-0.2, 0) is 36.9 Å². The number of carbonyl (C=O) groups excluding carboxylic acids is 5. The van der Waals surface area contributed by atoms with Crippen molar-refractivity contribution in [3.8, 4) is 11.1 Å². The Balaban J connectivity index is 1.45. The van der Waals surface area contributed by atoms with E-state index >= 15 is 0 Å². The normalized spacial score (nSPS) is 14.3. The molecular weight excluding hydrogens is 733 g/mol. The minimum absolute atomic E-state index is 0.0514. The van der Waals surface area contributed by atoms with Crippen LogP contribution in [0.3, 0.4) is 0 Å². The average Bonchev–Trinajstić information content (AvgIpc) is 3.23. The standard InChI is InChI=1S/C47H58N4O7/c1-7-32(6)43(46(56)51-42(31(4)5)47(57)58-29-34-20-13-9-14-21-34)49-40(53)28-39(52)38(26-33-18-11-8-12-19-33)48-45(55)41(30(2)3)50-44(54)37-25-17-24-36(27-37)35-22-15-10-16-23-35/h8-25,27,30-32,38-39,41-43,52H,7,26,28-29H2,1-6H3,(H,48,55)(H,49,53)(H,50,54)(H,51,56)/t32-,38-,39-,41-,42-,43-/m0/s1. The van der Waals surface area contributed by atoms with E-state index < -0.39 is 66.3 Å². The van der Waals surface area contributed by atoms with Crippen LogP contribution >= 0.6 is 0 Å². The monoisotopic (exact) mass is 790 g/mol. The molecule has 0 aliphatic rings. The Labute approximate surface area is 342 Å². The van der Waals surface area contributed by atoms with Crippen LogP contribution in [0.25, 0.3) is 11.1 Å². The van der Waals surface area contributed by atoms with Crippen molar-refractivity contribution < 1.29 is 33.8 Å². The second kappa shape index (κ2) is 22.2. The largest absolute Gasteiger partial charge is 0.459 e. The molecule has 4 rings (SSSR count). The Bertz CT molecular complexity index is 1940. The molecule has 0 heterocycles. The lowest BCUT2D eigenvalue weighted by atomic mass is 9.95. The van der Waals surface area contributed by atoms with Gasteiger partial charge in [0.25, 0.3) is 5.91 Å². The summed E-state index contributed by atoms with van der Waals surface area (Å²) in [4.78, 5) is 67.9. The lowest BCUT2D eigenvalue weighted by Gasteiger charge is -2.30. The Morgan fingerprint density at radius 1 is 0.603 bits per heavy atom. The summed E-state index contributed by atoms with van der Waals surface area (Å²) in [5.41, 5.74) is 3.82. The van der Waals surface area contributed by atoms with Crippen molar-refractivity contribution in [2.45, 2.75) is 97.7 Å². The molecule has 11 nitrogen and oxygen atoms in total. The fourth-order valence-electron chi connectivity index (χ4n) is 6.48. The zero-order valence-electron chi connectivity index (χ0n) is 34.3. The van der Waals surface area contributed by atoms with Gasteiger partial charge in [-0.25, -0.2) is 4.79 Å². The van der Waals surface area contributed by atoms with Crippen LogP contribution in [0.2, 0.25) is 0 Å². The van der Waals surface area contributed by atoms with E-state index in [1.54, 1.807) is 32.0 Å². The van der Waals surface area contributed by atoms with Crippen molar-refractivity contribution in [2.24, 2.45) is 17.8 Å². The van der Waals surface area contributed by atoms with Crippen LogP contribution in [0.1, 0.15) is 75.9 Å². The summed E-state index contributed by atoms with van der Waals surface area (Å²) in [5.74, 6) is -3.64. The van der Waals surface area contributed by atoms with Gasteiger partial charge in [0.1, 0.15) is 24.7 Å². The van der Waals surface area contributed by atoms with Crippen molar-refractivity contribution >= 4 is 29.6 Å². The van der Waals surface area contributed by atoms with E-state index in [-0.39, 0.29) is 30.8 Å². The van der Waals surface area contributed by atoms with Crippen LogP contribution in [-0.4, -0.2) is 65.0 Å². The molecule has 0 spiro atoms. The quantitative estimate of drug-likeness (QED) is 0.0686. The highest BCUT2D eigenvalue weighted by Gasteiger charge is 2.34. The molecule has 4 aromatic carbocycles. The van der Waals surface area contributed by atoms with Crippen LogP contribution in [0.5, 0.6) is 0 Å². The Morgan fingerprint density at radius 2 is 1.16 bits per heavy atom. The van der Waals surface area contributed by atoms with Gasteiger partial charge in [0, 0.05) is 5.56 Å². The molecule has 0 aliphatic heterocycles. The number of ether oxygens (including phenoxy) is 1. The molecule has 4 aromatic rings. The van der Waals surface area contributed by atoms with Gasteiger partial charge in [-0.2, -0.15) is 0 Å². The number of hydrogen-bond donors (Lipinski definition) is 5. The fourth-order valence-corrected chi connectivity index (χ4v) is 6.48. The predicted octanol–water partition coefficient (Wildman–Crippen LogP) is 6.00. The molecule has 0 aromatic heterocycles. The second-order valence-electron chi connectivity index (χ2n) is 15.5. The highest BCUT2D eigenvalue weighted by Crippen LogP contribution is 2.21. The first-order valence-electron chi connectivity index (χ1n) is 20.1. The first-order valence-corrected chi connectivity index (χ1v) is 20.1. The van der Waals surface area contributed by atoms with Crippen molar-refractivity contribution in [3.63, 3.8) is 0 Å². The summed E-state index contributed by atoms with van der Waals surface area (Å²) in [7, 11) is 0. The molecule has 0 bridgehead atoms. The molecule has 6 atom stereocenters. The molecule has 11 heteroatoms. The van der Waals surface area contributed by atoms with Gasteiger partial charge in [0.15, 0.2) is 0 Å². The van der Waals surface area contributed by atoms with Crippen LogP contribution in [0.15, 0.2) is 115 Å². The Kier molecular flexibility index (Phi) is 17.2. The molecule has 0 unspecified atom stereocenters. The number of amides is 4. The first kappa shape index (κ1) is 44.9. The highest BCUT2D eigenvalue weighted by atomic mass is 16.5. The van der Waals surface area contributed by atoms with E-state index in [1.807, 2.05) is 125 Å². The molecule has 308 valence electrons. The zero-order chi connectivity index (χ0) is 42.2. The molecule has 0 radical (unpaired) electrons. The molecular formula is C47H58N4O7. The summed E-state index contributed by atoms with van der Waals surface area (Å²) in [6, 6.07) is 31.4. The smallest absolute Gasteiger partial charge is 0.329 e. The number of hydrogen-bond acceptors (Lipinski definition) is 7.